The summed E-state index contributed by atoms with van der Waals surface area (Å²) >= 11 is 0. The number of rotatable bonds is 7. The lowest BCUT2D eigenvalue weighted by Gasteiger charge is -2.06. The Kier molecular flexibility index (Phi) is 7.45. The molecule has 7 heteroatoms. The monoisotopic (exact) mass is 193 g/mol. The van der Waals surface area contributed by atoms with E-state index < -0.39 is 0 Å². The first kappa shape index (κ1) is 12.3. The molecule has 5 N–H and O–H groups in total. The molecule has 0 saturated heterocycles. The molecule has 0 spiro atoms. The molecule has 0 unspecified atom stereocenters. The molecule has 0 rings (SSSR count). The van der Waals surface area contributed by atoms with Crippen molar-refractivity contribution in [3.05, 3.63) is 0 Å². The van der Waals surface area contributed by atoms with E-state index in [-0.39, 0.29) is 24.4 Å². The van der Waals surface area contributed by atoms with Crippen LogP contribution in [0.3, 0.4) is 0 Å². The number of nitrogens with zero attached hydrogens (tertiary/aromatic N) is 1. The third kappa shape index (κ3) is 9.18. The smallest absolute Gasteiger partial charge is 0.233 e. The molecule has 0 aliphatic rings. The van der Waals surface area contributed by atoms with Crippen LogP contribution >= 0.6 is 0 Å². The minimum Gasteiger partial charge on any atom is -0.355 e. The van der Waals surface area contributed by atoms with E-state index in [1.54, 1.807) is 0 Å². The third-order valence-electron chi connectivity index (χ3n) is 1.29. The molecule has 0 aromatic carbocycles. The van der Waals surface area contributed by atoms with Gasteiger partial charge in [0.2, 0.25) is 5.91 Å². The van der Waals surface area contributed by atoms with Crippen LogP contribution in [0.4, 0.5) is 0 Å². The molecule has 78 valence electrons. The second kappa shape index (κ2) is 7.90. The van der Waals surface area contributed by atoms with Gasteiger partial charge in [0, 0.05) is 6.54 Å². The fourth-order valence-electron chi connectivity index (χ4n) is 0.673. The summed E-state index contributed by atoms with van der Waals surface area (Å²) in [7, 11) is 0. The van der Waals surface area contributed by atoms with E-state index in [0.29, 0.717) is 19.4 Å². The van der Waals surface area contributed by atoms with Gasteiger partial charge in [0.05, 0.1) is 18.5 Å². The second-order valence-electron chi connectivity index (χ2n) is 2.35. The van der Waals surface area contributed by atoms with Gasteiger partial charge < -0.3 is 11.1 Å². The largest absolute Gasteiger partial charge is 0.355 e. The number of nitrogens with two attached hydrogens (primary N) is 1. The second-order valence-corrected chi connectivity index (χ2v) is 2.35. The van der Waals surface area contributed by atoms with Crippen molar-refractivity contribution < 1.29 is 20.0 Å². The van der Waals surface area contributed by atoms with Crippen LogP contribution in [0.2, 0.25) is 0 Å². The van der Waals surface area contributed by atoms with Gasteiger partial charge in [-0.05, 0) is 12.8 Å². The number of amides is 1. The summed E-state index contributed by atoms with van der Waals surface area (Å²) in [6, 6.07) is 0. The van der Waals surface area contributed by atoms with E-state index in [2.05, 4.69) is 10.2 Å². The number of carbonyl (C=O) groups is 1. The standard InChI is InChI=1S/C6H15N3O4/c7-5-6(10)8-3-1-2-4-13-9(11)12/h11-12H,1-5,7H2,(H,8,10). The minimum atomic E-state index is -0.335. The van der Waals surface area contributed by atoms with Crippen LogP contribution in [0.15, 0.2) is 0 Å². The average molecular weight is 193 g/mol. The fraction of sp³-hybridized carbons (Fsp3) is 0.833. The molecule has 0 saturated carbocycles. The Morgan fingerprint density at radius 2 is 2.15 bits per heavy atom. The molecule has 0 fully saturated rings. The molecule has 0 radical (unpaired) electrons. The molecule has 0 aliphatic heterocycles. The van der Waals surface area contributed by atoms with Crippen molar-refractivity contribution in [1.82, 2.24) is 10.7 Å². The molecule has 0 atom stereocenters. The van der Waals surface area contributed by atoms with E-state index >= 15 is 0 Å². The maximum Gasteiger partial charge on any atom is 0.233 e. The van der Waals surface area contributed by atoms with Crippen molar-refractivity contribution in [3.63, 3.8) is 0 Å². The van der Waals surface area contributed by atoms with E-state index in [4.69, 9.17) is 16.1 Å². The van der Waals surface area contributed by atoms with Gasteiger partial charge in [-0.2, -0.15) is 0 Å². The number of hydrogen-bond acceptors (Lipinski definition) is 6. The molecule has 0 heterocycles. The minimum absolute atomic E-state index is 0.0163. The maximum absolute atomic E-state index is 10.6. The summed E-state index contributed by atoms with van der Waals surface area (Å²) in [6.07, 6.45) is 1.31. The van der Waals surface area contributed by atoms with Crippen LogP contribution in [0.25, 0.3) is 0 Å². The number of carbonyl (C=O) groups excluding carboxylic acids is 1. The molecule has 13 heavy (non-hydrogen) atoms. The van der Waals surface area contributed by atoms with Crippen molar-refractivity contribution in [2.24, 2.45) is 5.73 Å². The van der Waals surface area contributed by atoms with E-state index in [1.165, 1.54) is 0 Å². The van der Waals surface area contributed by atoms with Crippen molar-refractivity contribution in [2.45, 2.75) is 12.8 Å². The average Bonchev–Trinajstić information content (AvgIpc) is 2.10. The van der Waals surface area contributed by atoms with Crippen LogP contribution in [0, 0.1) is 0 Å². The van der Waals surface area contributed by atoms with E-state index in [0.717, 1.165) is 0 Å². The Bertz CT molecular complexity index is 142. The lowest BCUT2D eigenvalue weighted by atomic mass is 10.3. The SMILES string of the molecule is NCC(=O)NCCCCON(O)O. The van der Waals surface area contributed by atoms with Gasteiger partial charge in [-0.15, -0.1) is 0 Å². The first-order valence-corrected chi connectivity index (χ1v) is 3.94. The molecule has 7 nitrogen and oxygen atoms in total. The van der Waals surface area contributed by atoms with Crippen molar-refractivity contribution in [3.8, 4) is 0 Å². The molecular weight excluding hydrogens is 178 g/mol. The zero-order valence-corrected chi connectivity index (χ0v) is 7.27. The zero-order chi connectivity index (χ0) is 10.1. The van der Waals surface area contributed by atoms with Gasteiger partial charge in [0.1, 0.15) is 0 Å². The Balaban J connectivity index is 3.04. The summed E-state index contributed by atoms with van der Waals surface area (Å²) in [5.41, 5.74) is 5.04. The number of nitrogens with one attached hydrogen (secondary N) is 1. The van der Waals surface area contributed by atoms with E-state index in [9.17, 15) is 4.79 Å². The highest BCUT2D eigenvalue weighted by Gasteiger charge is 1.96. The quantitative estimate of drug-likeness (QED) is 0.300. The predicted octanol–water partition coefficient (Wildman–Crippen LogP) is -1.15. The van der Waals surface area contributed by atoms with Crippen molar-refractivity contribution in [1.29, 1.82) is 0 Å². The van der Waals surface area contributed by atoms with Crippen molar-refractivity contribution >= 4 is 5.91 Å². The first-order valence-electron chi connectivity index (χ1n) is 3.94. The highest BCUT2D eigenvalue weighted by molar-refractivity contribution is 5.77. The van der Waals surface area contributed by atoms with Crippen LogP contribution < -0.4 is 11.1 Å². The molecule has 0 aromatic rings. The number of hydrogen-bond donors (Lipinski definition) is 4. The predicted molar refractivity (Wildman–Crippen MR) is 42.7 cm³/mol. The van der Waals surface area contributed by atoms with E-state index in [1.807, 2.05) is 0 Å². The highest BCUT2D eigenvalue weighted by Crippen LogP contribution is 1.89. The zero-order valence-electron chi connectivity index (χ0n) is 7.27. The van der Waals surface area contributed by atoms with Crippen LogP contribution in [0.5, 0.6) is 0 Å². The molecule has 0 aliphatic carbocycles. The fourth-order valence-corrected chi connectivity index (χ4v) is 0.673. The normalized spacial score (nSPS) is 10.5. The third-order valence-corrected chi connectivity index (χ3v) is 1.29. The van der Waals surface area contributed by atoms with Gasteiger partial charge >= 0.3 is 0 Å². The maximum atomic E-state index is 10.6. The van der Waals surface area contributed by atoms with Crippen molar-refractivity contribution in [2.75, 3.05) is 19.7 Å². The van der Waals surface area contributed by atoms with Gasteiger partial charge in [-0.25, -0.2) is 0 Å². The van der Waals surface area contributed by atoms with Crippen LogP contribution in [-0.4, -0.2) is 41.4 Å². The first-order chi connectivity index (χ1) is 6.16. The topological polar surface area (TPSA) is 108 Å². The Labute approximate surface area is 75.9 Å². The Morgan fingerprint density at radius 1 is 1.46 bits per heavy atom. The van der Waals surface area contributed by atoms with Gasteiger partial charge in [0.15, 0.2) is 0 Å². The van der Waals surface area contributed by atoms with Gasteiger partial charge in [-0.3, -0.25) is 20.0 Å². The highest BCUT2D eigenvalue weighted by atomic mass is 17.1. The lowest BCUT2D eigenvalue weighted by molar-refractivity contribution is -0.492. The van der Waals surface area contributed by atoms with Crippen LogP contribution in [-0.2, 0) is 9.63 Å². The van der Waals surface area contributed by atoms with Gasteiger partial charge in [-0.1, -0.05) is 0 Å². The molecule has 0 bridgehead atoms. The molecule has 1 amide bonds. The summed E-state index contributed by atoms with van der Waals surface area (Å²) in [5.74, 6) is -0.202. The molecule has 0 aromatic heterocycles. The Hall–Kier alpha value is -0.730. The number of unbranched alkanes of at least 4 members (excludes halogenated alkanes) is 1. The molecular formula is C6H15N3O4. The Morgan fingerprint density at radius 3 is 2.69 bits per heavy atom. The van der Waals surface area contributed by atoms with Gasteiger partial charge in [0.25, 0.3) is 0 Å². The van der Waals surface area contributed by atoms with Crippen LogP contribution in [0.1, 0.15) is 12.8 Å². The summed E-state index contributed by atoms with van der Waals surface area (Å²) in [6.45, 7) is 0.680. The lowest BCUT2D eigenvalue weighted by Crippen LogP contribution is -2.31. The summed E-state index contributed by atoms with van der Waals surface area (Å²) in [5, 5.41) is 18.5. The summed E-state index contributed by atoms with van der Waals surface area (Å²) < 4.78 is 0. The summed E-state index contributed by atoms with van der Waals surface area (Å²) in [4.78, 5) is 14.9.